The maximum absolute atomic E-state index is 10.5. The summed E-state index contributed by atoms with van der Waals surface area (Å²) in [6.07, 6.45) is 6.11. The summed E-state index contributed by atoms with van der Waals surface area (Å²) in [6, 6.07) is 0.416. The van der Waals surface area contributed by atoms with E-state index in [-0.39, 0.29) is 136 Å². The Morgan fingerprint density at radius 2 is 1.24 bits per heavy atom. The van der Waals surface area contributed by atoms with Crippen LogP contribution in [0.1, 0.15) is 32.1 Å². The second kappa shape index (κ2) is 27.6. The molecule has 0 heterocycles. The number of hydrogen-bond donors (Lipinski definition) is 1. The van der Waals surface area contributed by atoms with Crippen molar-refractivity contribution in [1.29, 1.82) is 0 Å². The van der Waals surface area contributed by atoms with Gasteiger partial charge in [-0.15, -0.1) is 0 Å². The summed E-state index contributed by atoms with van der Waals surface area (Å²) < 4.78 is 0. The van der Waals surface area contributed by atoms with E-state index in [2.05, 4.69) is 12.2 Å². The van der Waals surface area contributed by atoms with Crippen LogP contribution >= 0.6 is 0 Å². The van der Waals surface area contributed by atoms with E-state index < -0.39 is 0 Å². The van der Waals surface area contributed by atoms with Crippen LogP contribution in [-0.2, 0) is 127 Å². The van der Waals surface area contributed by atoms with Crippen LogP contribution in [0, 0.1) is 14.4 Å². The molecule has 0 spiro atoms. The number of carbonyl (C=O) groups excluding carboxylic acids is 1. The zero-order valence-electron chi connectivity index (χ0n) is 9.50. The SMILES string of the molecule is [CH2-]C(=O)NC1CCCCC1.[CH3-].[Re].[Re].[Re].[Re].[Re].[Re]. The summed E-state index contributed by atoms with van der Waals surface area (Å²) in [5.74, 6) is -0.132. The van der Waals surface area contributed by atoms with E-state index in [1.807, 2.05) is 0 Å². The van der Waals surface area contributed by atoms with Crippen LogP contribution in [0.15, 0.2) is 0 Å². The molecule has 1 rings (SSSR count). The van der Waals surface area contributed by atoms with Gasteiger partial charge in [0.15, 0.2) is 0 Å². The molecule has 0 unspecified atom stereocenters. The zero-order valence-corrected chi connectivity index (χ0v) is 25.8. The minimum atomic E-state index is -0.132. The van der Waals surface area contributed by atoms with Crippen molar-refractivity contribution in [2.75, 3.05) is 0 Å². The molecule has 1 fully saturated rings. The topological polar surface area (TPSA) is 29.1 Å². The van der Waals surface area contributed by atoms with Gasteiger partial charge in [0.1, 0.15) is 0 Å². The number of amides is 1. The number of rotatable bonds is 1. The molecule has 1 aliphatic rings. The fourth-order valence-electron chi connectivity index (χ4n) is 1.47. The Morgan fingerprint density at radius 3 is 1.53 bits per heavy atom. The molecule has 0 aromatic carbocycles. The third-order valence-electron chi connectivity index (χ3n) is 1.97. The molecule has 2 nitrogen and oxygen atoms in total. The van der Waals surface area contributed by atoms with Gasteiger partial charge in [0.2, 0.25) is 0 Å². The summed E-state index contributed by atoms with van der Waals surface area (Å²) in [6.45, 7) is 3.28. The van der Waals surface area contributed by atoms with Gasteiger partial charge >= 0.3 is 0 Å². The van der Waals surface area contributed by atoms with Crippen LogP contribution in [-0.4, -0.2) is 11.9 Å². The van der Waals surface area contributed by atoms with Gasteiger partial charge in [-0.1, -0.05) is 19.3 Å². The minimum absolute atomic E-state index is 0. The number of hydrogen-bond acceptors (Lipinski definition) is 1. The third kappa shape index (κ3) is 24.7. The first kappa shape index (κ1) is 42.7. The molecule has 0 aliphatic heterocycles. The minimum Gasteiger partial charge on any atom is -0.378 e. The van der Waals surface area contributed by atoms with E-state index in [9.17, 15) is 4.79 Å². The van der Waals surface area contributed by atoms with Crippen molar-refractivity contribution in [2.24, 2.45) is 0 Å². The molecule has 1 amide bonds. The molecule has 108 valence electrons. The summed E-state index contributed by atoms with van der Waals surface area (Å²) >= 11 is 0. The summed E-state index contributed by atoms with van der Waals surface area (Å²) in [7, 11) is 0. The standard InChI is InChI=1S/C8H14NO.CH3.6Re/c1-7(10)9-8-5-3-2-4-6-8;;;;;;;/h8H,1-6H2,(H,9,10);1H3;;;;;;/q2*-1;;;;;;. The van der Waals surface area contributed by atoms with Gasteiger partial charge in [-0.3, -0.25) is 0 Å². The van der Waals surface area contributed by atoms with Crippen molar-refractivity contribution < 1.29 is 127 Å². The largest absolute Gasteiger partial charge is 0.378 e. The predicted molar refractivity (Wildman–Crippen MR) is 46.8 cm³/mol. The van der Waals surface area contributed by atoms with Crippen molar-refractivity contribution in [2.45, 2.75) is 38.1 Å². The molecule has 0 atom stereocenters. The summed E-state index contributed by atoms with van der Waals surface area (Å²) in [5.41, 5.74) is 0. The van der Waals surface area contributed by atoms with E-state index in [0.29, 0.717) is 6.04 Å². The Balaban J connectivity index is -0.0000000286. The smallest absolute Gasteiger partial charge is 0.0799 e. The first-order valence-corrected chi connectivity index (χ1v) is 3.91. The van der Waals surface area contributed by atoms with E-state index in [4.69, 9.17) is 0 Å². The Bertz CT molecular complexity index is 133. The van der Waals surface area contributed by atoms with Crippen LogP contribution in [0.3, 0.4) is 0 Å². The van der Waals surface area contributed by atoms with E-state index in [1.54, 1.807) is 0 Å². The molecule has 0 saturated heterocycles. The molecule has 0 aromatic rings. The fraction of sp³-hybridized carbons (Fsp3) is 0.667. The first-order chi connectivity index (χ1) is 4.79. The van der Waals surface area contributed by atoms with Gasteiger partial charge in [-0.05, 0) is 12.8 Å². The van der Waals surface area contributed by atoms with Gasteiger partial charge in [-0.2, -0.15) is 0 Å². The van der Waals surface area contributed by atoms with Gasteiger partial charge in [0.05, 0.1) is 5.91 Å². The average Bonchev–Trinajstić information content (AvgIpc) is 1.88. The maximum atomic E-state index is 10.5. The molecule has 1 saturated carbocycles. The van der Waals surface area contributed by atoms with E-state index in [0.717, 1.165) is 12.8 Å². The van der Waals surface area contributed by atoms with Crippen molar-refractivity contribution >= 4 is 5.91 Å². The second-order valence-corrected chi connectivity index (χ2v) is 2.90. The first-order valence-electron chi connectivity index (χ1n) is 3.91. The van der Waals surface area contributed by atoms with Crippen molar-refractivity contribution in [3.8, 4) is 0 Å². The maximum Gasteiger partial charge on any atom is 0.0799 e. The molecule has 0 aromatic heterocycles. The van der Waals surface area contributed by atoms with Crippen molar-refractivity contribution in [1.82, 2.24) is 5.32 Å². The average molecular weight is 1270 g/mol. The molecular formula is C9H17NORe6-2. The number of carbonyl (C=O) groups is 1. The monoisotopic (exact) mass is 1280 g/mol. The van der Waals surface area contributed by atoms with Crippen LogP contribution in [0.5, 0.6) is 0 Å². The molecule has 17 heavy (non-hydrogen) atoms. The quantitative estimate of drug-likeness (QED) is 0.399. The summed E-state index contributed by atoms with van der Waals surface area (Å²) in [5, 5.41) is 2.83. The molecule has 6 radical (unpaired) electrons. The van der Waals surface area contributed by atoms with E-state index >= 15 is 0 Å². The zero-order chi connectivity index (χ0) is 7.40. The number of nitrogens with one attached hydrogen (secondary N) is 1. The van der Waals surface area contributed by atoms with Crippen molar-refractivity contribution in [3.05, 3.63) is 14.4 Å². The Kier molecular flexibility index (Phi) is 69.5. The van der Waals surface area contributed by atoms with Gasteiger partial charge in [-0.25, -0.2) is 0 Å². The third-order valence-corrected chi connectivity index (χ3v) is 1.97. The van der Waals surface area contributed by atoms with Gasteiger partial charge in [0.25, 0.3) is 0 Å². The molecule has 0 bridgehead atoms. The van der Waals surface area contributed by atoms with Crippen LogP contribution in [0.25, 0.3) is 0 Å². The second-order valence-electron chi connectivity index (χ2n) is 2.90. The molecule has 8 heteroatoms. The molecule has 1 N–H and O–H groups in total. The Hall–Kier alpha value is 3.31. The van der Waals surface area contributed by atoms with Crippen LogP contribution in [0.2, 0.25) is 0 Å². The van der Waals surface area contributed by atoms with E-state index in [1.165, 1.54) is 19.3 Å². The van der Waals surface area contributed by atoms with Gasteiger partial charge < -0.3 is 24.5 Å². The van der Waals surface area contributed by atoms with Gasteiger partial charge in [0, 0.05) is 129 Å². The Morgan fingerprint density at radius 1 is 0.882 bits per heavy atom. The summed E-state index contributed by atoms with van der Waals surface area (Å²) in [4.78, 5) is 10.5. The fourth-order valence-corrected chi connectivity index (χ4v) is 1.47. The molecule has 1 aliphatic carbocycles. The van der Waals surface area contributed by atoms with Crippen LogP contribution < -0.4 is 5.32 Å². The molecular weight excluding hydrogens is 1260 g/mol. The van der Waals surface area contributed by atoms with Crippen LogP contribution in [0.4, 0.5) is 0 Å². The normalized spacial score (nSPS) is 12.0. The Labute approximate surface area is 188 Å². The predicted octanol–water partition coefficient (Wildman–Crippen LogP) is 1.70. The van der Waals surface area contributed by atoms with Crippen molar-refractivity contribution in [3.63, 3.8) is 0 Å².